The summed E-state index contributed by atoms with van der Waals surface area (Å²) in [7, 11) is 1.80. The van der Waals surface area contributed by atoms with Crippen LogP contribution in [-0.4, -0.2) is 29.5 Å². The Hall–Kier alpha value is -1.03. The molecule has 1 fully saturated rings. The summed E-state index contributed by atoms with van der Waals surface area (Å²) in [5, 5.41) is 11.0. The van der Waals surface area contributed by atoms with Crippen molar-refractivity contribution in [1.29, 1.82) is 0 Å². The van der Waals surface area contributed by atoms with Gasteiger partial charge >= 0.3 is 0 Å². The number of H-pyrrole nitrogens is 1. The van der Waals surface area contributed by atoms with Crippen molar-refractivity contribution in [2.24, 2.45) is 0 Å². The number of anilines is 1. The lowest BCUT2D eigenvalue weighted by atomic mass is 9.95. The fraction of sp³-hybridized carbons (Fsp3) is 0.727. The molecule has 1 atom stereocenters. The van der Waals surface area contributed by atoms with Gasteiger partial charge in [-0.2, -0.15) is 5.10 Å². The van der Waals surface area contributed by atoms with E-state index in [-0.39, 0.29) is 0 Å². The van der Waals surface area contributed by atoms with E-state index >= 15 is 0 Å². The highest BCUT2D eigenvalue weighted by atomic mass is 16.5. The summed E-state index contributed by atoms with van der Waals surface area (Å²) in [5.41, 5.74) is 2.64. The van der Waals surface area contributed by atoms with Crippen LogP contribution in [0.5, 0.6) is 0 Å². The summed E-state index contributed by atoms with van der Waals surface area (Å²) in [6, 6.07) is 0.667. The van der Waals surface area contributed by atoms with E-state index < -0.39 is 0 Å². The van der Waals surface area contributed by atoms with E-state index in [1.807, 2.05) is 0 Å². The molecule has 0 saturated heterocycles. The lowest BCUT2D eigenvalue weighted by Gasteiger charge is -2.20. The van der Waals surface area contributed by atoms with E-state index in [2.05, 4.69) is 15.5 Å². The smallest absolute Gasteiger partial charge is 0.151 e. The van der Waals surface area contributed by atoms with E-state index in [9.17, 15) is 0 Å². The normalized spacial score (nSPS) is 25.0. The Morgan fingerprint density at radius 3 is 3.00 bits per heavy atom. The van der Waals surface area contributed by atoms with Gasteiger partial charge in [0.25, 0.3) is 0 Å². The van der Waals surface area contributed by atoms with Crippen molar-refractivity contribution in [2.75, 3.05) is 12.4 Å². The van der Waals surface area contributed by atoms with Crippen molar-refractivity contribution < 1.29 is 4.74 Å². The molecule has 4 nitrogen and oxygen atoms in total. The first-order chi connectivity index (χ1) is 7.36. The molecule has 0 amide bonds. The van der Waals surface area contributed by atoms with Crippen LogP contribution < -0.4 is 5.32 Å². The Kier molecular flexibility index (Phi) is 2.16. The van der Waals surface area contributed by atoms with Crippen LogP contribution in [0.2, 0.25) is 0 Å². The molecule has 1 aromatic heterocycles. The van der Waals surface area contributed by atoms with Crippen molar-refractivity contribution in [2.45, 2.75) is 44.2 Å². The molecule has 4 heteroatoms. The van der Waals surface area contributed by atoms with Gasteiger partial charge < -0.3 is 10.1 Å². The van der Waals surface area contributed by atoms with E-state index in [1.165, 1.54) is 24.1 Å². The largest absolute Gasteiger partial charge is 0.381 e. The van der Waals surface area contributed by atoms with Crippen molar-refractivity contribution in [1.82, 2.24) is 10.2 Å². The standard InChI is InChI=1S/C11H17N3O/c1-15-8-4-5-10-9(6-8)11(14-13-10)12-7-2-3-7/h7-8H,2-6H2,1H3,(H2,12,13,14). The Labute approximate surface area is 89.4 Å². The molecule has 2 aliphatic rings. The highest BCUT2D eigenvalue weighted by Gasteiger charge is 2.27. The van der Waals surface area contributed by atoms with Crippen molar-refractivity contribution >= 4 is 5.82 Å². The minimum Gasteiger partial charge on any atom is -0.381 e. The Morgan fingerprint density at radius 1 is 1.40 bits per heavy atom. The third-order valence-electron chi connectivity index (χ3n) is 3.35. The Balaban J connectivity index is 1.81. The SMILES string of the molecule is COC1CCc2[nH]nc(NC3CC3)c2C1. The molecule has 0 aliphatic heterocycles. The number of rotatable bonds is 3. The molecule has 3 rings (SSSR count). The Morgan fingerprint density at radius 2 is 2.27 bits per heavy atom. The van der Waals surface area contributed by atoms with Gasteiger partial charge in [0.05, 0.1) is 6.10 Å². The summed E-state index contributed by atoms with van der Waals surface area (Å²) in [5.74, 6) is 1.06. The third kappa shape index (κ3) is 1.74. The van der Waals surface area contributed by atoms with Crippen LogP contribution in [0.15, 0.2) is 0 Å². The number of aromatic amines is 1. The van der Waals surface area contributed by atoms with E-state index in [1.54, 1.807) is 7.11 Å². The molecule has 0 bridgehead atoms. The first kappa shape index (κ1) is 9.21. The topological polar surface area (TPSA) is 49.9 Å². The number of nitrogens with one attached hydrogen (secondary N) is 2. The zero-order valence-corrected chi connectivity index (χ0v) is 9.05. The van der Waals surface area contributed by atoms with E-state index in [0.29, 0.717) is 12.1 Å². The fourth-order valence-corrected chi connectivity index (χ4v) is 2.20. The monoisotopic (exact) mass is 207 g/mol. The van der Waals surface area contributed by atoms with Gasteiger partial charge in [0.1, 0.15) is 0 Å². The van der Waals surface area contributed by atoms with E-state index in [0.717, 1.165) is 25.1 Å². The number of nitrogens with zero attached hydrogens (tertiary/aromatic N) is 1. The number of methoxy groups -OCH3 is 1. The minimum absolute atomic E-state index is 0.370. The third-order valence-corrected chi connectivity index (χ3v) is 3.35. The Bertz CT molecular complexity index is 357. The lowest BCUT2D eigenvalue weighted by Crippen LogP contribution is -2.21. The number of hydrogen-bond donors (Lipinski definition) is 2. The lowest BCUT2D eigenvalue weighted by molar-refractivity contribution is 0.0910. The van der Waals surface area contributed by atoms with Gasteiger partial charge in [-0.25, -0.2) is 0 Å². The molecule has 82 valence electrons. The average molecular weight is 207 g/mol. The quantitative estimate of drug-likeness (QED) is 0.789. The number of ether oxygens (including phenoxy) is 1. The molecular formula is C11H17N3O. The molecule has 2 N–H and O–H groups in total. The molecule has 1 saturated carbocycles. The maximum absolute atomic E-state index is 5.42. The zero-order chi connectivity index (χ0) is 10.3. The molecule has 0 spiro atoms. The van der Waals surface area contributed by atoms with Gasteiger partial charge in [0, 0.05) is 30.8 Å². The summed E-state index contributed by atoms with van der Waals surface area (Å²) >= 11 is 0. The molecule has 15 heavy (non-hydrogen) atoms. The van der Waals surface area contributed by atoms with Gasteiger partial charge in [-0.15, -0.1) is 0 Å². The second-order valence-electron chi connectivity index (χ2n) is 4.55. The highest BCUT2D eigenvalue weighted by Crippen LogP contribution is 2.30. The highest BCUT2D eigenvalue weighted by molar-refractivity contribution is 5.49. The van der Waals surface area contributed by atoms with Gasteiger partial charge in [0.2, 0.25) is 0 Å². The maximum atomic E-state index is 5.42. The molecular weight excluding hydrogens is 190 g/mol. The van der Waals surface area contributed by atoms with Gasteiger partial charge in [-0.05, 0) is 25.7 Å². The zero-order valence-electron chi connectivity index (χ0n) is 9.05. The van der Waals surface area contributed by atoms with Gasteiger partial charge in [0.15, 0.2) is 5.82 Å². The van der Waals surface area contributed by atoms with Gasteiger partial charge in [-0.3, -0.25) is 5.10 Å². The summed E-state index contributed by atoms with van der Waals surface area (Å²) in [6.07, 6.45) is 6.11. The number of hydrogen-bond acceptors (Lipinski definition) is 3. The fourth-order valence-electron chi connectivity index (χ4n) is 2.20. The molecule has 1 heterocycles. The van der Waals surface area contributed by atoms with Gasteiger partial charge in [-0.1, -0.05) is 0 Å². The van der Waals surface area contributed by atoms with Crippen LogP contribution in [0.4, 0.5) is 5.82 Å². The van der Waals surface area contributed by atoms with Crippen LogP contribution in [0.1, 0.15) is 30.5 Å². The second kappa shape index (κ2) is 3.52. The maximum Gasteiger partial charge on any atom is 0.151 e. The summed E-state index contributed by atoms with van der Waals surface area (Å²) in [6.45, 7) is 0. The number of fused-ring (bicyclic) bond motifs is 1. The first-order valence-corrected chi connectivity index (χ1v) is 5.72. The van der Waals surface area contributed by atoms with Crippen LogP contribution in [0, 0.1) is 0 Å². The van der Waals surface area contributed by atoms with Crippen LogP contribution in [-0.2, 0) is 17.6 Å². The molecule has 0 aromatic carbocycles. The van der Waals surface area contributed by atoms with Crippen LogP contribution in [0.25, 0.3) is 0 Å². The minimum atomic E-state index is 0.370. The van der Waals surface area contributed by atoms with Crippen LogP contribution >= 0.6 is 0 Å². The summed E-state index contributed by atoms with van der Waals surface area (Å²) in [4.78, 5) is 0. The average Bonchev–Trinajstić information content (AvgIpc) is 3.00. The van der Waals surface area contributed by atoms with Crippen LogP contribution in [0.3, 0.4) is 0 Å². The van der Waals surface area contributed by atoms with Crippen molar-refractivity contribution in [3.63, 3.8) is 0 Å². The van der Waals surface area contributed by atoms with E-state index in [4.69, 9.17) is 4.74 Å². The van der Waals surface area contributed by atoms with Crippen molar-refractivity contribution in [3.05, 3.63) is 11.3 Å². The molecule has 0 radical (unpaired) electrons. The van der Waals surface area contributed by atoms with Crippen molar-refractivity contribution in [3.8, 4) is 0 Å². The predicted octanol–water partition coefficient (Wildman–Crippen LogP) is 1.49. The second-order valence-corrected chi connectivity index (χ2v) is 4.55. The summed E-state index contributed by atoms with van der Waals surface area (Å²) < 4.78 is 5.42. The predicted molar refractivity (Wildman–Crippen MR) is 58.1 cm³/mol. The molecule has 1 unspecified atom stereocenters. The number of aromatic nitrogens is 2. The number of aryl methyl sites for hydroxylation is 1. The first-order valence-electron chi connectivity index (χ1n) is 5.72. The molecule has 2 aliphatic carbocycles. The molecule has 1 aromatic rings.